The van der Waals surface area contributed by atoms with Gasteiger partial charge in [0.05, 0.1) is 30.4 Å². The van der Waals surface area contributed by atoms with Gasteiger partial charge in [-0.1, -0.05) is 17.7 Å². The molecule has 1 aliphatic rings. The highest BCUT2D eigenvalue weighted by atomic mass is 32.2. The molecule has 1 fully saturated rings. The van der Waals surface area contributed by atoms with E-state index in [1.807, 2.05) is 6.92 Å². The molecule has 0 aliphatic carbocycles. The first kappa shape index (κ1) is 16.0. The van der Waals surface area contributed by atoms with Crippen molar-refractivity contribution in [2.24, 2.45) is 0 Å². The predicted octanol–water partition coefficient (Wildman–Crippen LogP) is 1.20. The van der Waals surface area contributed by atoms with Crippen LogP contribution in [-0.2, 0) is 14.6 Å². The van der Waals surface area contributed by atoms with Gasteiger partial charge in [0.1, 0.15) is 16.6 Å². The van der Waals surface area contributed by atoms with Crippen LogP contribution in [0.3, 0.4) is 0 Å². The zero-order valence-electron chi connectivity index (χ0n) is 13.5. The molecule has 0 radical (unpaired) electrons. The molecular weight excluding hydrogens is 342 g/mol. The first-order valence-electron chi connectivity index (χ1n) is 7.81. The van der Waals surface area contributed by atoms with Gasteiger partial charge in [-0.2, -0.15) is 0 Å². The standard InChI is InChI=1S/C16H17N5O3S/c1-9-2-4-10(5-3-9)25(22,23)12-7-24-6-11(12)15-20-14(17)13-16(21-15)19-8-18-13/h2-5,8,11-12H,6-7H2,1H3,(H3,17,18,19,20,21). The third-order valence-electron chi connectivity index (χ3n) is 4.44. The minimum absolute atomic E-state index is 0.0999. The fourth-order valence-corrected chi connectivity index (χ4v) is 4.80. The van der Waals surface area contributed by atoms with E-state index in [9.17, 15) is 8.42 Å². The van der Waals surface area contributed by atoms with Crippen LogP contribution in [0.4, 0.5) is 5.82 Å². The molecule has 3 N–H and O–H groups in total. The number of ether oxygens (including phenoxy) is 1. The van der Waals surface area contributed by atoms with Crippen LogP contribution >= 0.6 is 0 Å². The normalized spacial score (nSPS) is 21.0. The average Bonchev–Trinajstić information content (AvgIpc) is 3.24. The van der Waals surface area contributed by atoms with E-state index >= 15 is 0 Å². The molecule has 0 amide bonds. The Morgan fingerprint density at radius 3 is 2.72 bits per heavy atom. The van der Waals surface area contributed by atoms with E-state index in [-0.39, 0.29) is 23.9 Å². The van der Waals surface area contributed by atoms with Crippen molar-refractivity contribution in [2.75, 3.05) is 18.9 Å². The summed E-state index contributed by atoms with van der Waals surface area (Å²) in [6, 6.07) is 6.79. The molecule has 1 aromatic carbocycles. The third-order valence-corrected chi connectivity index (χ3v) is 6.63. The first-order valence-corrected chi connectivity index (χ1v) is 9.36. The predicted molar refractivity (Wildman–Crippen MR) is 91.8 cm³/mol. The number of nitrogens with zero attached hydrogens (tertiary/aromatic N) is 3. The molecule has 2 aromatic heterocycles. The summed E-state index contributed by atoms with van der Waals surface area (Å²) in [5.41, 5.74) is 7.90. The van der Waals surface area contributed by atoms with Crippen LogP contribution in [0.25, 0.3) is 11.2 Å². The molecule has 130 valence electrons. The molecule has 1 saturated heterocycles. The van der Waals surface area contributed by atoms with Crippen LogP contribution in [0.5, 0.6) is 0 Å². The van der Waals surface area contributed by atoms with Crippen LogP contribution < -0.4 is 5.73 Å². The average molecular weight is 359 g/mol. The van der Waals surface area contributed by atoms with Crippen molar-refractivity contribution in [3.63, 3.8) is 0 Å². The van der Waals surface area contributed by atoms with Gasteiger partial charge < -0.3 is 15.5 Å². The largest absolute Gasteiger partial charge is 0.382 e. The number of H-pyrrole nitrogens is 1. The number of hydrogen-bond acceptors (Lipinski definition) is 7. The van der Waals surface area contributed by atoms with Crippen LogP contribution in [-0.4, -0.2) is 46.8 Å². The summed E-state index contributed by atoms with van der Waals surface area (Å²) >= 11 is 0. The summed E-state index contributed by atoms with van der Waals surface area (Å²) in [5.74, 6) is 0.0980. The second-order valence-electron chi connectivity index (χ2n) is 6.11. The molecular formula is C16H17N5O3S. The summed E-state index contributed by atoms with van der Waals surface area (Å²) in [6.45, 7) is 2.24. The quantitative estimate of drug-likeness (QED) is 0.720. The van der Waals surface area contributed by atoms with E-state index in [1.54, 1.807) is 24.3 Å². The van der Waals surface area contributed by atoms with E-state index in [0.717, 1.165) is 5.56 Å². The maximum absolute atomic E-state index is 13.0. The Kier molecular flexibility index (Phi) is 3.69. The number of nitrogens with two attached hydrogens (primary N) is 1. The van der Waals surface area contributed by atoms with Crippen molar-refractivity contribution in [3.05, 3.63) is 42.0 Å². The summed E-state index contributed by atoms with van der Waals surface area (Å²) in [4.78, 5) is 15.9. The summed E-state index contributed by atoms with van der Waals surface area (Å²) in [6.07, 6.45) is 1.48. The maximum Gasteiger partial charge on any atom is 0.184 e. The van der Waals surface area contributed by atoms with E-state index in [4.69, 9.17) is 10.5 Å². The van der Waals surface area contributed by atoms with E-state index < -0.39 is 21.0 Å². The van der Waals surface area contributed by atoms with Crippen molar-refractivity contribution in [1.82, 2.24) is 19.9 Å². The summed E-state index contributed by atoms with van der Waals surface area (Å²) < 4.78 is 31.5. The lowest BCUT2D eigenvalue weighted by Crippen LogP contribution is -2.29. The van der Waals surface area contributed by atoms with Gasteiger partial charge in [0, 0.05) is 0 Å². The highest BCUT2D eigenvalue weighted by molar-refractivity contribution is 7.92. The smallest absolute Gasteiger partial charge is 0.184 e. The highest BCUT2D eigenvalue weighted by Crippen LogP contribution is 2.33. The molecule has 2 atom stereocenters. The van der Waals surface area contributed by atoms with Crippen LogP contribution in [0.1, 0.15) is 17.3 Å². The third kappa shape index (κ3) is 2.65. The number of anilines is 1. The Balaban J connectivity index is 1.75. The monoisotopic (exact) mass is 359 g/mol. The lowest BCUT2D eigenvalue weighted by atomic mass is 10.1. The Bertz CT molecular complexity index is 1030. The van der Waals surface area contributed by atoms with Crippen molar-refractivity contribution >= 4 is 26.8 Å². The molecule has 2 unspecified atom stereocenters. The molecule has 1 aliphatic heterocycles. The molecule has 8 nitrogen and oxygen atoms in total. The van der Waals surface area contributed by atoms with Gasteiger partial charge in [-0.05, 0) is 19.1 Å². The van der Waals surface area contributed by atoms with Gasteiger partial charge in [-0.25, -0.2) is 23.4 Å². The summed E-state index contributed by atoms with van der Waals surface area (Å²) in [5, 5.41) is -0.758. The number of sulfone groups is 1. The Morgan fingerprint density at radius 2 is 1.96 bits per heavy atom. The van der Waals surface area contributed by atoms with Crippen molar-refractivity contribution in [1.29, 1.82) is 0 Å². The molecule has 4 rings (SSSR count). The lowest BCUT2D eigenvalue weighted by Gasteiger charge is -2.17. The molecule has 0 bridgehead atoms. The number of nitrogen functional groups attached to an aromatic ring is 1. The SMILES string of the molecule is Cc1ccc(S(=O)(=O)C2COCC2c2nc(N)c3[nH]cnc3n2)cc1. The second-order valence-corrected chi connectivity index (χ2v) is 8.28. The molecule has 9 heteroatoms. The van der Waals surface area contributed by atoms with E-state index in [0.29, 0.717) is 17.0 Å². The number of nitrogens with one attached hydrogen (secondary N) is 1. The van der Waals surface area contributed by atoms with E-state index in [1.165, 1.54) is 6.33 Å². The number of fused-ring (bicyclic) bond motifs is 1. The number of benzene rings is 1. The van der Waals surface area contributed by atoms with Crippen LogP contribution in [0.2, 0.25) is 0 Å². The zero-order valence-corrected chi connectivity index (χ0v) is 14.3. The number of rotatable bonds is 3. The summed E-state index contributed by atoms with van der Waals surface area (Å²) in [7, 11) is -3.58. The van der Waals surface area contributed by atoms with E-state index in [2.05, 4.69) is 19.9 Å². The minimum Gasteiger partial charge on any atom is -0.382 e. The highest BCUT2D eigenvalue weighted by Gasteiger charge is 2.42. The molecule has 0 spiro atoms. The van der Waals surface area contributed by atoms with Crippen molar-refractivity contribution in [2.45, 2.75) is 23.0 Å². The van der Waals surface area contributed by atoms with Crippen molar-refractivity contribution < 1.29 is 13.2 Å². The molecule has 3 aromatic rings. The van der Waals surface area contributed by atoms with Gasteiger partial charge in [0.15, 0.2) is 21.3 Å². The second kappa shape index (κ2) is 5.78. The zero-order chi connectivity index (χ0) is 17.6. The molecule has 0 saturated carbocycles. The number of aromatic amines is 1. The lowest BCUT2D eigenvalue weighted by molar-refractivity contribution is 0.193. The van der Waals surface area contributed by atoms with Gasteiger partial charge in [0.25, 0.3) is 0 Å². The number of imidazole rings is 1. The topological polar surface area (TPSA) is 124 Å². The Hall–Kier alpha value is -2.52. The number of aryl methyl sites for hydroxylation is 1. The Labute approximate surface area is 144 Å². The van der Waals surface area contributed by atoms with Gasteiger partial charge in [-0.15, -0.1) is 0 Å². The molecule has 25 heavy (non-hydrogen) atoms. The number of aromatic nitrogens is 4. The van der Waals surface area contributed by atoms with Crippen LogP contribution in [0, 0.1) is 6.92 Å². The first-order chi connectivity index (χ1) is 12.0. The van der Waals surface area contributed by atoms with Crippen LogP contribution in [0.15, 0.2) is 35.5 Å². The molecule has 3 heterocycles. The van der Waals surface area contributed by atoms with Gasteiger partial charge in [-0.3, -0.25) is 0 Å². The fourth-order valence-electron chi connectivity index (χ4n) is 3.02. The minimum atomic E-state index is -3.58. The Morgan fingerprint density at radius 1 is 1.20 bits per heavy atom. The van der Waals surface area contributed by atoms with Gasteiger partial charge >= 0.3 is 0 Å². The van der Waals surface area contributed by atoms with Gasteiger partial charge in [0.2, 0.25) is 0 Å². The maximum atomic E-state index is 13.0. The van der Waals surface area contributed by atoms with Crippen molar-refractivity contribution in [3.8, 4) is 0 Å². The fraction of sp³-hybridized carbons (Fsp3) is 0.312. The number of hydrogen-bond donors (Lipinski definition) is 2.